The summed E-state index contributed by atoms with van der Waals surface area (Å²) in [5.41, 5.74) is 0. The molecule has 1 aliphatic heterocycles. The predicted molar refractivity (Wildman–Crippen MR) is 57.3 cm³/mol. The van der Waals surface area contributed by atoms with Crippen molar-refractivity contribution in [2.45, 2.75) is 31.9 Å². The van der Waals surface area contributed by atoms with Crippen LogP contribution in [-0.2, 0) is 0 Å². The first-order chi connectivity index (χ1) is 6.16. The molecular formula is C10H19FOP+. The van der Waals surface area contributed by atoms with Gasteiger partial charge in [0.2, 0.25) is 0 Å². The third-order valence-corrected chi connectivity index (χ3v) is 5.85. The molecule has 1 N–H and O–H groups in total. The smallest absolute Gasteiger partial charge is 0.145 e. The average molecular weight is 205 g/mol. The van der Waals surface area contributed by atoms with E-state index < -0.39 is 13.7 Å². The fourth-order valence-corrected chi connectivity index (χ4v) is 4.47. The first-order valence-electron chi connectivity index (χ1n) is 5.00. The Hall–Kier alpha value is 0.0600. The highest BCUT2D eigenvalue weighted by atomic mass is 31.2. The van der Waals surface area contributed by atoms with E-state index >= 15 is 0 Å². The lowest BCUT2D eigenvalue weighted by Gasteiger charge is -2.22. The number of halogens is 1. The zero-order chi connectivity index (χ0) is 9.73. The van der Waals surface area contributed by atoms with Gasteiger partial charge in [-0.3, -0.25) is 4.89 Å². The summed E-state index contributed by atoms with van der Waals surface area (Å²) in [4.78, 5) is 10.2. The lowest BCUT2D eigenvalue weighted by Crippen LogP contribution is -2.14. The second-order valence-electron chi connectivity index (χ2n) is 3.90. The maximum absolute atomic E-state index is 13.1. The van der Waals surface area contributed by atoms with Crippen LogP contribution in [0.25, 0.3) is 0 Å². The molecule has 0 bridgehead atoms. The van der Waals surface area contributed by atoms with Crippen molar-refractivity contribution < 1.29 is 9.28 Å². The van der Waals surface area contributed by atoms with E-state index in [1.807, 2.05) is 0 Å². The van der Waals surface area contributed by atoms with Gasteiger partial charge in [0.25, 0.3) is 0 Å². The van der Waals surface area contributed by atoms with Crippen LogP contribution in [0.1, 0.15) is 25.7 Å². The summed E-state index contributed by atoms with van der Waals surface area (Å²) in [5.74, 6) is 0. The van der Waals surface area contributed by atoms with Gasteiger partial charge in [0.05, 0.1) is 12.3 Å². The van der Waals surface area contributed by atoms with Crippen molar-refractivity contribution >= 4 is 7.49 Å². The van der Waals surface area contributed by atoms with Gasteiger partial charge in [-0.2, -0.15) is 0 Å². The Morgan fingerprint density at radius 2 is 2.15 bits per heavy atom. The molecule has 76 valence electrons. The van der Waals surface area contributed by atoms with E-state index in [0.717, 1.165) is 19.0 Å². The van der Waals surface area contributed by atoms with Crippen molar-refractivity contribution in [3.05, 3.63) is 12.7 Å². The van der Waals surface area contributed by atoms with Gasteiger partial charge < -0.3 is 0 Å². The van der Waals surface area contributed by atoms with Crippen molar-refractivity contribution in [3.8, 4) is 0 Å². The molecule has 1 fully saturated rings. The van der Waals surface area contributed by atoms with Crippen molar-refractivity contribution in [3.63, 3.8) is 0 Å². The van der Waals surface area contributed by atoms with Crippen molar-refractivity contribution in [2.24, 2.45) is 0 Å². The molecule has 0 radical (unpaired) electrons. The van der Waals surface area contributed by atoms with Crippen LogP contribution in [0.3, 0.4) is 0 Å². The van der Waals surface area contributed by atoms with Crippen LogP contribution >= 0.6 is 7.49 Å². The molecule has 1 saturated heterocycles. The highest BCUT2D eigenvalue weighted by Gasteiger charge is 2.35. The van der Waals surface area contributed by atoms with Crippen LogP contribution in [0.4, 0.5) is 4.39 Å². The molecular weight excluding hydrogens is 186 g/mol. The molecule has 13 heavy (non-hydrogen) atoms. The van der Waals surface area contributed by atoms with Gasteiger partial charge in [-0.15, -0.1) is 0 Å². The Morgan fingerprint density at radius 3 is 2.85 bits per heavy atom. The van der Waals surface area contributed by atoms with Gasteiger partial charge in [-0.25, -0.2) is 4.39 Å². The zero-order valence-electron chi connectivity index (χ0n) is 8.08. The van der Waals surface area contributed by atoms with E-state index in [2.05, 4.69) is 6.58 Å². The third-order valence-electron chi connectivity index (χ3n) is 2.67. The maximum Gasteiger partial charge on any atom is 0.145 e. The third kappa shape index (κ3) is 3.74. The van der Waals surface area contributed by atoms with Crippen molar-refractivity contribution in [2.75, 3.05) is 18.5 Å². The molecule has 0 amide bonds. The highest BCUT2D eigenvalue weighted by Crippen LogP contribution is 2.56. The average Bonchev–Trinajstić information content (AvgIpc) is 2.08. The monoisotopic (exact) mass is 205 g/mol. The summed E-state index contributed by atoms with van der Waals surface area (Å²) >= 11 is 0. The molecule has 0 aromatic rings. The maximum atomic E-state index is 13.1. The minimum Gasteiger partial charge on any atom is -0.251 e. The second-order valence-corrected chi connectivity index (χ2v) is 7.35. The lowest BCUT2D eigenvalue weighted by molar-refractivity contribution is 0.295. The van der Waals surface area contributed by atoms with Crippen molar-refractivity contribution in [1.29, 1.82) is 0 Å². The van der Waals surface area contributed by atoms with Crippen molar-refractivity contribution in [1.82, 2.24) is 0 Å². The standard InChI is InChI=1S/C10H19FOP/c1-2-7-13(12)8-4-3-5-10(11)6-9-13/h2,10,12H,1,3-9H2/q+1. The predicted octanol–water partition coefficient (Wildman–Crippen LogP) is 3.01. The zero-order valence-corrected chi connectivity index (χ0v) is 8.98. The fourth-order valence-electron chi connectivity index (χ4n) is 1.83. The van der Waals surface area contributed by atoms with Gasteiger partial charge >= 0.3 is 0 Å². The van der Waals surface area contributed by atoms with Gasteiger partial charge in [0, 0.05) is 6.42 Å². The Morgan fingerprint density at radius 1 is 1.38 bits per heavy atom. The van der Waals surface area contributed by atoms with Crippen LogP contribution in [0.2, 0.25) is 0 Å². The summed E-state index contributed by atoms with van der Waals surface area (Å²) in [6, 6.07) is 0. The molecule has 0 spiro atoms. The van der Waals surface area contributed by atoms with Gasteiger partial charge in [0.15, 0.2) is 0 Å². The SMILES string of the molecule is C=CC[P+]1(O)CCCCC(F)CC1. The molecule has 3 heteroatoms. The Balaban J connectivity index is 2.48. The summed E-state index contributed by atoms with van der Waals surface area (Å²) in [6.07, 6.45) is 6.57. The van der Waals surface area contributed by atoms with Gasteiger partial charge in [0.1, 0.15) is 19.8 Å². The molecule has 1 rings (SSSR count). The van der Waals surface area contributed by atoms with Crippen LogP contribution < -0.4 is 0 Å². The van der Waals surface area contributed by atoms with E-state index in [1.54, 1.807) is 6.08 Å². The first-order valence-corrected chi connectivity index (χ1v) is 7.30. The number of allylic oxidation sites excluding steroid dienone is 1. The normalized spacial score (nSPS) is 36.3. The summed E-state index contributed by atoms with van der Waals surface area (Å²) < 4.78 is 13.1. The Labute approximate surface area is 80.5 Å². The van der Waals surface area contributed by atoms with E-state index in [4.69, 9.17) is 0 Å². The highest BCUT2D eigenvalue weighted by molar-refractivity contribution is 7.70. The van der Waals surface area contributed by atoms with Crippen LogP contribution in [0.5, 0.6) is 0 Å². The number of hydrogen-bond donors (Lipinski definition) is 1. The Kier molecular flexibility index (Phi) is 4.34. The largest absolute Gasteiger partial charge is 0.251 e. The van der Waals surface area contributed by atoms with E-state index in [0.29, 0.717) is 25.2 Å². The summed E-state index contributed by atoms with van der Waals surface area (Å²) in [6.45, 7) is 3.65. The van der Waals surface area contributed by atoms with E-state index in [1.165, 1.54) is 0 Å². The lowest BCUT2D eigenvalue weighted by atomic mass is 10.1. The molecule has 0 saturated carbocycles. The molecule has 0 aromatic carbocycles. The molecule has 1 nitrogen and oxygen atoms in total. The van der Waals surface area contributed by atoms with Gasteiger partial charge in [-0.05, 0) is 19.3 Å². The summed E-state index contributed by atoms with van der Waals surface area (Å²) in [5, 5.41) is 0. The molecule has 2 unspecified atom stereocenters. The number of hydrogen-bond acceptors (Lipinski definition) is 1. The minimum absolute atomic E-state index is 0.554. The Bertz CT molecular complexity index is 174. The molecule has 0 aromatic heterocycles. The van der Waals surface area contributed by atoms with E-state index in [-0.39, 0.29) is 0 Å². The number of rotatable bonds is 2. The second kappa shape index (κ2) is 5.07. The van der Waals surface area contributed by atoms with E-state index in [9.17, 15) is 9.28 Å². The molecule has 2 atom stereocenters. The molecule has 0 aliphatic carbocycles. The minimum atomic E-state index is -1.83. The molecule has 1 aliphatic rings. The topological polar surface area (TPSA) is 20.2 Å². The quantitative estimate of drug-likeness (QED) is 0.542. The first kappa shape index (κ1) is 11.1. The fraction of sp³-hybridized carbons (Fsp3) is 0.800. The van der Waals surface area contributed by atoms with Crippen LogP contribution in [-0.4, -0.2) is 29.6 Å². The number of alkyl halides is 1. The summed E-state index contributed by atoms with van der Waals surface area (Å²) in [7, 11) is -1.83. The van der Waals surface area contributed by atoms with Crippen LogP contribution in [0.15, 0.2) is 12.7 Å². The van der Waals surface area contributed by atoms with Crippen LogP contribution in [0, 0.1) is 0 Å². The molecule has 1 heterocycles. The van der Waals surface area contributed by atoms with Gasteiger partial charge in [-0.1, -0.05) is 12.7 Å².